The van der Waals surface area contributed by atoms with Gasteiger partial charge in [0.2, 0.25) is 5.91 Å². The second kappa shape index (κ2) is 8.32. The third-order valence-electron chi connectivity index (χ3n) is 4.95. The van der Waals surface area contributed by atoms with Gasteiger partial charge in [-0.05, 0) is 37.0 Å². The van der Waals surface area contributed by atoms with Gasteiger partial charge in [-0.1, -0.05) is 42.1 Å². The van der Waals surface area contributed by atoms with Crippen LogP contribution in [0.3, 0.4) is 0 Å². The van der Waals surface area contributed by atoms with Crippen LogP contribution >= 0.6 is 11.8 Å². The lowest BCUT2D eigenvalue weighted by atomic mass is 10.1. The summed E-state index contributed by atoms with van der Waals surface area (Å²) in [6, 6.07) is 13.4. The van der Waals surface area contributed by atoms with Crippen molar-refractivity contribution in [2.45, 2.75) is 36.9 Å². The van der Waals surface area contributed by atoms with Crippen LogP contribution in [-0.2, 0) is 11.3 Å². The van der Waals surface area contributed by atoms with E-state index in [2.05, 4.69) is 27.6 Å². The monoisotopic (exact) mass is 414 g/mol. The fourth-order valence-electron chi connectivity index (χ4n) is 3.43. The van der Waals surface area contributed by atoms with Crippen molar-refractivity contribution in [3.8, 4) is 0 Å². The van der Waals surface area contributed by atoms with Crippen LogP contribution in [0.4, 0.5) is 14.5 Å². The highest BCUT2D eigenvalue weighted by atomic mass is 32.2. The number of amides is 1. The number of benzene rings is 2. The zero-order valence-electron chi connectivity index (χ0n) is 15.8. The number of thioether (sulfide) groups is 1. The van der Waals surface area contributed by atoms with Crippen LogP contribution in [0.5, 0.6) is 0 Å². The topological polar surface area (TPSA) is 59.8 Å². The molecular formula is C21H20F2N4OS. The molecule has 1 saturated carbocycles. The van der Waals surface area contributed by atoms with E-state index in [-0.39, 0.29) is 17.3 Å². The molecule has 1 heterocycles. The Morgan fingerprint density at radius 2 is 1.97 bits per heavy atom. The van der Waals surface area contributed by atoms with Gasteiger partial charge in [-0.15, -0.1) is 10.2 Å². The molecule has 5 nitrogen and oxygen atoms in total. The van der Waals surface area contributed by atoms with E-state index in [1.165, 1.54) is 23.4 Å². The zero-order valence-corrected chi connectivity index (χ0v) is 16.6. The van der Waals surface area contributed by atoms with Crippen molar-refractivity contribution in [2.75, 3.05) is 11.1 Å². The third kappa shape index (κ3) is 4.32. The molecule has 1 N–H and O–H groups in total. The molecule has 2 unspecified atom stereocenters. The Labute approximate surface area is 171 Å². The van der Waals surface area contributed by atoms with Gasteiger partial charge < -0.3 is 9.88 Å². The summed E-state index contributed by atoms with van der Waals surface area (Å²) < 4.78 is 28.7. The molecule has 2 atom stereocenters. The Morgan fingerprint density at radius 3 is 2.69 bits per heavy atom. The van der Waals surface area contributed by atoms with E-state index < -0.39 is 11.6 Å². The molecule has 2 aromatic carbocycles. The van der Waals surface area contributed by atoms with Gasteiger partial charge >= 0.3 is 0 Å². The molecule has 0 bridgehead atoms. The fourth-order valence-corrected chi connectivity index (χ4v) is 4.24. The van der Waals surface area contributed by atoms with Gasteiger partial charge in [0.25, 0.3) is 0 Å². The standard InChI is InChI=1S/C21H20F2N4OS/c1-2-27-20(16-11-15(16)13-6-4-3-5-7-13)25-26-21(27)29-12-19(28)24-18-9-8-14(22)10-17(18)23/h3-10,15-16H,2,11-12H2,1H3,(H,24,28). The van der Waals surface area contributed by atoms with Crippen molar-refractivity contribution in [3.05, 3.63) is 71.6 Å². The lowest BCUT2D eigenvalue weighted by molar-refractivity contribution is -0.113. The van der Waals surface area contributed by atoms with Crippen molar-refractivity contribution in [3.63, 3.8) is 0 Å². The highest BCUT2D eigenvalue weighted by molar-refractivity contribution is 7.99. The largest absolute Gasteiger partial charge is 0.323 e. The summed E-state index contributed by atoms with van der Waals surface area (Å²) >= 11 is 1.25. The second-order valence-corrected chi connectivity index (χ2v) is 7.85. The second-order valence-electron chi connectivity index (χ2n) is 6.91. The van der Waals surface area contributed by atoms with E-state index in [0.717, 1.165) is 24.4 Å². The molecule has 8 heteroatoms. The van der Waals surface area contributed by atoms with Crippen molar-refractivity contribution >= 4 is 23.4 Å². The molecule has 0 saturated heterocycles. The predicted octanol–water partition coefficient (Wildman–Crippen LogP) is 4.58. The minimum Gasteiger partial charge on any atom is -0.323 e. The number of aromatic nitrogens is 3. The smallest absolute Gasteiger partial charge is 0.234 e. The molecular weight excluding hydrogens is 394 g/mol. The highest BCUT2D eigenvalue weighted by Crippen LogP contribution is 2.54. The number of carbonyl (C=O) groups is 1. The van der Waals surface area contributed by atoms with Crippen LogP contribution in [0.2, 0.25) is 0 Å². The summed E-state index contributed by atoms with van der Waals surface area (Å²) in [6.45, 7) is 2.72. The average Bonchev–Trinajstić information content (AvgIpc) is 3.41. The van der Waals surface area contributed by atoms with E-state index in [9.17, 15) is 13.6 Å². The third-order valence-corrected chi connectivity index (χ3v) is 5.92. The van der Waals surface area contributed by atoms with E-state index in [1.54, 1.807) is 0 Å². The molecule has 1 aromatic heterocycles. The Kier molecular flexibility index (Phi) is 5.62. The molecule has 3 aromatic rings. The SMILES string of the molecule is CCn1c(SCC(=O)Nc2ccc(F)cc2F)nnc1C1CC1c1ccccc1. The van der Waals surface area contributed by atoms with Gasteiger partial charge in [0, 0.05) is 18.5 Å². The van der Waals surface area contributed by atoms with Crippen LogP contribution in [0.15, 0.2) is 53.7 Å². The van der Waals surface area contributed by atoms with Crippen LogP contribution in [-0.4, -0.2) is 26.4 Å². The van der Waals surface area contributed by atoms with E-state index in [4.69, 9.17) is 0 Å². The first-order valence-electron chi connectivity index (χ1n) is 9.42. The number of hydrogen-bond acceptors (Lipinski definition) is 4. The van der Waals surface area contributed by atoms with Gasteiger partial charge in [-0.2, -0.15) is 0 Å². The van der Waals surface area contributed by atoms with Crippen LogP contribution < -0.4 is 5.32 Å². The molecule has 150 valence electrons. The summed E-state index contributed by atoms with van der Waals surface area (Å²) in [5.74, 6) is -0.0954. The van der Waals surface area contributed by atoms with Crippen molar-refractivity contribution in [2.24, 2.45) is 0 Å². The highest BCUT2D eigenvalue weighted by Gasteiger charge is 2.43. The molecule has 0 aliphatic heterocycles. The van der Waals surface area contributed by atoms with Gasteiger partial charge in [0.15, 0.2) is 5.16 Å². The Balaban J connectivity index is 1.39. The van der Waals surface area contributed by atoms with E-state index >= 15 is 0 Å². The molecule has 4 rings (SSSR count). The molecule has 1 amide bonds. The van der Waals surface area contributed by atoms with Crippen molar-refractivity contribution < 1.29 is 13.6 Å². The summed E-state index contributed by atoms with van der Waals surface area (Å²) in [5, 5.41) is 11.7. The minimum atomic E-state index is -0.803. The van der Waals surface area contributed by atoms with E-state index in [1.807, 2.05) is 29.7 Å². The van der Waals surface area contributed by atoms with Gasteiger partial charge in [-0.25, -0.2) is 8.78 Å². The first kappa shape index (κ1) is 19.6. The number of halogens is 2. The fraction of sp³-hybridized carbons (Fsp3) is 0.286. The van der Waals surface area contributed by atoms with Crippen LogP contribution in [0.25, 0.3) is 0 Å². The molecule has 1 fully saturated rings. The Bertz CT molecular complexity index is 1020. The van der Waals surface area contributed by atoms with Crippen LogP contribution in [0.1, 0.15) is 36.6 Å². The zero-order chi connectivity index (χ0) is 20.4. The molecule has 1 aliphatic carbocycles. The summed E-state index contributed by atoms with van der Waals surface area (Å²) in [7, 11) is 0. The summed E-state index contributed by atoms with van der Waals surface area (Å²) in [6.07, 6.45) is 1.04. The van der Waals surface area contributed by atoms with Gasteiger partial charge in [-0.3, -0.25) is 4.79 Å². The number of nitrogens with zero attached hydrogens (tertiary/aromatic N) is 3. The lowest BCUT2D eigenvalue weighted by Crippen LogP contribution is -2.15. The molecule has 1 aliphatic rings. The first-order valence-corrected chi connectivity index (χ1v) is 10.4. The first-order chi connectivity index (χ1) is 14.1. The predicted molar refractivity (Wildman–Crippen MR) is 108 cm³/mol. The van der Waals surface area contributed by atoms with E-state index in [0.29, 0.717) is 23.5 Å². The average molecular weight is 414 g/mol. The maximum Gasteiger partial charge on any atom is 0.234 e. The number of carbonyl (C=O) groups excluding carboxylic acids is 1. The van der Waals surface area contributed by atoms with Crippen molar-refractivity contribution in [1.29, 1.82) is 0 Å². The number of hydrogen-bond donors (Lipinski definition) is 1. The molecule has 0 radical (unpaired) electrons. The molecule has 0 spiro atoms. The van der Waals surface area contributed by atoms with Gasteiger partial charge in [0.1, 0.15) is 17.5 Å². The maximum absolute atomic E-state index is 13.7. The minimum absolute atomic E-state index is 0.0432. The number of anilines is 1. The summed E-state index contributed by atoms with van der Waals surface area (Å²) in [5.41, 5.74) is 1.26. The Morgan fingerprint density at radius 1 is 1.17 bits per heavy atom. The van der Waals surface area contributed by atoms with Crippen molar-refractivity contribution in [1.82, 2.24) is 14.8 Å². The summed E-state index contributed by atoms with van der Waals surface area (Å²) in [4.78, 5) is 12.2. The number of nitrogens with one attached hydrogen (secondary N) is 1. The lowest BCUT2D eigenvalue weighted by Gasteiger charge is -2.08. The van der Waals surface area contributed by atoms with Gasteiger partial charge in [0.05, 0.1) is 11.4 Å². The quantitative estimate of drug-likeness (QED) is 0.575. The van der Waals surface area contributed by atoms with Crippen LogP contribution in [0, 0.1) is 11.6 Å². The normalized spacial score (nSPS) is 17.9. The maximum atomic E-state index is 13.7. The Hall–Kier alpha value is -2.74. The number of rotatable bonds is 7. The molecule has 29 heavy (non-hydrogen) atoms.